The molecule has 1 aliphatic rings. The van der Waals surface area contributed by atoms with Gasteiger partial charge in [0, 0.05) is 24.8 Å². The first kappa shape index (κ1) is 17.7. The van der Waals surface area contributed by atoms with Crippen LogP contribution in [-0.2, 0) is 6.54 Å². The summed E-state index contributed by atoms with van der Waals surface area (Å²) >= 11 is 0. The van der Waals surface area contributed by atoms with Crippen molar-refractivity contribution in [2.75, 3.05) is 37.5 Å². The number of guanidine groups is 1. The van der Waals surface area contributed by atoms with Gasteiger partial charge >= 0.3 is 0 Å². The van der Waals surface area contributed by atoms with E-state index in [0.717, 1.165) is 18.7 Å². The molecule has 136 valence electrons. The quantitative estimate of drug-likeness (QED) is 0.475. The Labute approximate surface area is 153 Å². The van der Waals surface area contributed by atoms with Gasteiger partial charge in [0.1, 0.15) is 11.5 Å². The lowest BCUT2D eigenvalue weighted by Crippen LogP contribution is -2.23. The van der Waals surface area contributed by atoms with E-state index in [1.165, 1.54) is 5.69 Å². The lowest BCUT2D eigenvalue weighted by Gasteiger charge is -2.17. The Morgan fingerprint density at radius 3 is 2.46 bits per heavy atom. The van der Waals surface area contributed by atoms with E-state index in [0.29, 0.717) is 29.7 Å². The molecule has 0 aliphatic carbocycles. The highest BCUT2D eigenvalue weighted by Gasteiger charge is 2.08. The Bertz CT molecular complexity index is 792. The predicted octanol–water partition coefficient (Wildman–Crippen LogP) is 3.01. The fourth-order valence-electron chi connectivity index (χ4n) is 2.77. The largest absolute Gasteiger partial charge is 0.497 e. The van der Waals surface area contributed by atoms with Crippen molar-refractivity contribution in [1.29, 1.82) is 0 Å². The number of benzene rings is 2. The third-order valence-corrected chi connectivity index (χ3v) is 4.22. The van der Waals surface area contributed by atoms with Crippen LogP contribution in [0.15, 0.2) is 59.6 Å². The summed E-state index contributed by atoms with van der Waals surface area (Å²) in [5.41, 5.74) is 9.05. The zero-order valence-corrected chi connectivity index (χ0v) is 15.1. The van der Waals surface area contributed by atoms with Gasteiger partial charge in [-0.25, -0.2) is 4.99 Å². The Balaban J connectivity index is 1.63. The van der Waals surface area contributed by atoms with E-state index in [2.05, 4.69) is 51.6 Å². The molecule has 6 heteroatoms. The van der Waals surface area contributed by atoms with Crippen molar-refractivity contribution in [3.8, 4) is 11.5 Å². The molecule has 0 aromatic heterocycles. The van der Waals surface area contributed by atoms with Crippen LogP contribution in [0.5, 0.6) is 11.5 Å². The number of anilines is 2. The highest BCUT2D eigenvalue weighted by molar-refractivity contribution is 5.94. The number of aliphatic imine (C=N–C) groups is 1. The van der Waals surface area contributed by atoms with Crippen LogP contribution in [0.1, 0.15) is 5.56 Å². The molecule has 0 unspecified atom stereocenters. The smallest absolute Gasteiger partial charge is 0.193 e. The van der Waals surface area contributed by atoms with Crippen LogP contribution in [0, 0.1) is 0 Å². The van der Waals surface area contributed by atoms with Gasteiger partial charge in [-0.05, 0) is 29.8 Å². The van der Waals surface area contributed by atoms with E-state index < -0.39 is 0 Å². The van der Waals surface area contributed by atoms with E-state index in [-0.39, 0.29) is 0 Å². The van der Waals surface area contributed by atoms with Crippen molar-refractivity contribution in [3.63, 3.8) is 0 Å². The number of hydrogen-bond acceptors (Lipinski definition) is 4. The standard InChI is InChI=1S/C20H24N4O2/c1-25-17-9-10-19(26-2)18(13-17)23-20(21)22-14-15-5-7-16(8-6-15)24-11-3-4-12-24/h3-10,13H,11-12,14H2,1-2H3,(H3,21,22,23). The molecule has 0 amide bonds. The number of nitrogens with zero attached hydrogens (tertiary/aromatic N) is 2. The minimum absolute atomic E-state index is 0.323. The molecule has 3 N–H and O–H groups in total. The molecule has 2 aromatic carbocycles. The van der Waals surface area contributed by atoms with E-state index in [9.17, 15) is 0 Å². The molecule has 0 saturated carbocycles. The summed E-state index contributed by atoms with van der Waals surface area (Å²) in [5, 5.41) is 3.07. The zero-order chi connectivity index (χ0) is 18.4. The minimum Gasteiger partial charge on any atom is -0.497 e. The topological polar surface area (TPSA) is 72.1 Å². The highest BCUT2D eigenvalue weighted by Crippen LogP contribution is 2.28. The van der Waals surface area contributed by atoms with Crippen molar-refractivity contribution >= 4 is 17.3 Å². The van der Waals surface area contributed by atoms with Crippen molar-refractivity contribution in [1.82, 2.24) is 0 Å². The normalized spacial score (nSPS) is 13.8. The second-order valence-electron chi connectivity index (χ2n) is 5.94. The second kappa shape index (κ2) is 8.29. The van der Waals surface area contributed by atoms with Crippen molar-refractivity contribution in [3.05, 3.63) is 60.2 Å². The highest BCUT2D eigenvalue weighted by atomic mass is 16.5. The molecule has 3 rings (SSSR count). The van der Waals surface area contributed by atoms with Crippen LogP contribution < -0.4 is 25.4 Å². The number of rotatable bonds is 6. The summed E-state index contributed by atoms with van der Waals surface area (Å²) < 4.78 is 10.6. The van der Waals surface area contributed by atoms with E-state index in [1.807, 2.05) is 18.2 Å². The molecule has 0 spiro atoms. The van der Waals surface area contributed by atoms with Crippen LogP contribution in [0.2, 0.25) is 0 Å². The fraction of sp³-hybridized carbons (Fsp3) is 0.250. The van der Waals surface area contributed by atoms with E-state index in [4.69, 9.17) is 15.2 Å². The Morgan fingerprint density at radius 2 is 1.81 bits per heavy atom. The number of methoxy groups -OCH3 is 2. The first-order valence-electron chi connectivity index (χ1n) is 8.47. The third-order valence-electron chi connectivity index (χ3n) is 4.22. The first-order chi connectivity index (χ1) is 12.7. The summed E-state index contributed by atoms with van der Waals surface area (Å²) in [6, 6.07) is 13.9. The zero-order valence-electron chi connectivity index (χ0n) is 15.1. The third kappa shape index (κ3) is 4.27. The SMILES string of the molecule is COc1ccc(OC)c(NC(N)=NCc2ccc(N3CC=CC3)cc2)c1. The average molecular weight is 352 g/mol. The molecule has 0 bridgehead atoms. The van der Waals surface area contributed by atoms with Crippen LogP contribution in [0.25, 0.3) is 0 Å². The summed E-state index contributed by atoms with van der Waals surface area (Å²) in [6.45, 7) is 2.44. The minimum atomic E-state index is 0.323. The van der Waals surface area contributed by atoms with Crippen LogP contribution in [-0.4, -0.2) is 33.3 Å². The summed E-state index contributed by atoms with van der Waals surface area (Å²) in [4.78, 5) is 6.71. The molecule has 1 aliphatic heterocycles. The van der Waals surface area contributed by atoms with E-state index >= 15 is 0 Å². The molecule has 0 saturated heterocycles. The van der Waals surface area contributed by atoms with Gasteiger partial charge < -0.3 is 25.4 Å². The maximum absolute atomic E-state index is 6.02. The number of hydrogen-bond donors (Lipinski definition) is 2. The average Bonchev–Trinajstić information content (AvgIpc) is 3.21. The summed E-state index contributed by atoms with van der Waals surface area (Å²) in [5.74, 6) is 1.71. The number of nitrogens with two attached hydrogens (primary N) is 1. The molecule has 0 fully saturated rings. The maximum Gasteiger partial charge on any atom is 0.193 e. The van der Waals surface area contributed by atoms with Crippen molar-refractivity contribution in [2.24, 2.45) is 10.7 Å². The summed E-state index contributed by atoms with van der Waals surface area (Å²) in [6.07, 6.45) is 4.36. The first-order valence-corrected chi connectivity index (χ1v) is 8.47. The van der Waals surface area contributed by atoms with Crippen molar-refractivity contribution in [2.45, 2.75) is 6.54 Å². The van der Waals surface area contributed by atoms with Gasteiger partial charge in [-0.15, -0.1) is 0 Å². The fourth-order valence-corrected chi connectivity index (χ4v) is 2.77. The van der Waals surface area contributed by atoms with Crippen molar-refractivity contribution < 1.29 is 9.47 Å². The van der Waals surface area contributed by atoms with E-state index in [1.54, 1.807) is 14.2 Å². The Morgan fingerprint density at radius 1 is 1.08 bits per heavy atom. The molecule has 0 atom stereocenters. The molecular weight excluding hydrogens is 328 g/mol. The van der Waals surface area contributed by atoms with Gasteiger partial charge in [0.25, 0.3) is 0 Å². The molecule has 1 heterocycles. The van der Waals surface area contributed by atoms with Gasteiger partial charge in [0.05, 0.1) is 26.5 Å². The lowest BCUT2D eigenvalue weighted by molar-refractivity contribution is 0.405. The van der Waals surface area contributed by atoms with Gasteiger partial charge in [-0.2, -0.15) is 0 Å². The number of ether oxygens (including phenoxy) is 2. The molecule has 6 nitrogen and oxygen atoms in total. The molecule has 2 aromatic rings. The number of nitrogens with one attached hydrogen (secondary N) is 1. The van der Waals surface area contributed by atoms with Gasteiger partial charge in [-0.3, -0.25) is 0 Å². The predicted molar refractivity (Wildman–Crippen MR) is 106 cm³/mol. The van der Waals surface area contributed by atoms with Crippen LogP contribution >= 0.6 is 0 Å². The maximum atomic E-state index is 6.02. The summed E-state index contributed by atoms with van der Waals surface area (Å²) in [7, 11) is 3.22. The Kier molecular flexibility index (Phi) is 5.63. The molecule has 0 radical (unpaired) electrons. The monoisotopic (exact) mass is 352 g/mol. The molecule has 26 heavy (non-hydrogen) atoms. The van der Waals surface area contributed by atoms with Crippen LogP contribution in [0.4, 0.5) is 11.4 Å². The lowest BCUT2D eigenvalue weighted by atomic mass is 10.2. The Hall–Kier alpha value is -3.15. The molecular formula is C20H24N4O2. The second-order valence-corrected chi connectivity index (χ2v) is 5.94. The van der Waals surface area contributed by atoms with Gasteiger partial charge in [-0.1, -0.05) is 24.3 Å². The van der Waals surface area contributed by atoms with Crippen LogP contribution in [0.3, 0.4) is 0 Å². The van der Waals surface area contributed by atoms with Gasteiger partial charge in [0.2, 0.25) is 0 Å². The van der Waals surface area contributed by atoms with Gasteiger partial charge in [0.15, 0.2) is 5.96 Å².